The first-order valence-electron chi connectivity index (χ1n) is 8.46. The number of carbonyl (C=O) groups is 1. The van der Waals surface area contributed by atoms with Crippen molar-refractivity contribution < 1.29 is 14.3 Å². The molecule has 0 radical (unpaired) electrons. The fraction of sp³-hybridized carbons (Fsp3) is 0.316. The molecule has 2 aromatic rings. The number of aryl methyl sites for hydroxylation is 1. The van der Waals surface area contributed by atoms with Gasteiger partial charge in [0.15, 0.2) is 5.11 Å². The van der Waals surface area contributed by atoms with Gasteiger partial charge in [0.1, 0.15) is 22.6 Å². The first-order chi connectivity index (χ1) is 13.1. The molecule has 1 aromatic carbocycles. The molecular weight excluding hydrogens is 382 g/mol. The summed E-state index contributed by atoms with van der Waals surface area (Å²) in [6.45, 7) is 0. The fourth-order valence-electron chi connectivity index (χ4n) is 3.06. The van der Waals surface area contributed by atoms with E-state index in [4.69, 9.17) is 21.7 Å². The van der Waals surface area contributed by atoms with E-state index in [1.54, 1.807) is 25.3 Å². The van der Waals surface area contributed by atoms with Crippen LogP contribution in [0.2, 0.25) is 0 Å². The number of thiophene rings is 1. The number of nitrogens with one attached hydrogen (secondary N) is 2. The van der Waals surface area contributed by atoms with Gasteiger partial charge in [-0.15, -0.1) is 11.3 Å². The Morgan fingerprint density at radius 1 is 1.26 bits per heavy atom. The van der Waals surface area contributed by atoms with E-state index >= 15 is 0 Å². The van der Waals surface area contributed by atoms with Crippen LogP contribution in [-0.2, 0) is 12.8 Å². The average molecular weight is 402 g/mol. The minimum Gasteiger partial charge on any atom is -0.497 e. The van der Waals surface area contributed by atoms with Crippen molar-refractivity contribution in [3.05, 3.63) is 39.8 Å². The summed E-state index contributed by atoms with van der Waals surface area (Å²) in [5.41, 5.74) is 2.09. The Bertz CT molecular complexity index is 931. The third-order valence-electron chi connectivity index (χ3n) is 4.39. The Labute approximate surface area is 167 Å². The topological polar surface area (TPSA) is 83.4 Å². The summed E-state index contributed by atoms with van der Waals surface area (Å²) in [5.74, 6) is 0.581. The molecule has 0 unspecified atom stereocenters. The first-order valence-corrected chi connectivity index (χ1v) is 9.68. The molecule has 0 saturated carbocycles. The van der Waals surface area contributed by atoms with E-state index in [2.05, 4.69) is 16.7 Å². The number of hydrogen-bond acceptors (Lipinski definition) is 6. The van der Waals surface area contributed by atoms with Gasteiger partial charge in [0.05, 0.1) is 25.3 Å². The monoisotopic (exact) mass is 401 g/mol. The van der Waals surface area contributed by atoms with Crippen molar-refractivity contribution in [3.63, 3.8) is 0 Å². The minimum absolute atomic E-state index is 0.146. The molecule has 3 rings (SSSR count). The van der Waals surface area contributed by atoms with Gasteiger partial charge in [0, 0.05) is 10.9 Å². The second kappa shape index (κ2) is 8.37. The second-order valence-electron chi connectivity index (χ2n) is 6.00. The molecule has 1 amide bonds. The molecule has 1 aromatic heterocycles. The van der Waals surface area contributed by atoms with Crippen LogP contribution in [-0.4, -0.2) is 25.2 Å². The Hall–Kier alpha value is -2.63. The number of fused-ring (bicyclic) bond motifs is 1. The number of nitriles is 1. The number of anilines is 1. The van der Waals surface area contributed by atoms with Crippen molar-refractivity contribution in [1.29, 1.82) is 5.26 Å². The molecule has 0 bridgehead atoms. The predicted molar refractivity (Wildman–Crippen MR) is 109 cm³/mol. The van der Waals surface area contributed by atoms with Crippen molar-refractivity contribution in [1.82, 2.24) is 5.32 Å². The number of nitrogens with zero attached hydrogens (tertiary/aromatic N) is 1. The number of rotatable bonds is 4. The lowest BCUT2D eigenvalue weighted by Gasteiger charge is -2.12. The lowest BCUT2D eigenvalue weighted by Crippen LogP contribution is -2.34. The summed E-state index contributed by atoms with van der Waals surface area (Å²) in [7, 11) is 3.03. The van der Waals surface area contributed by atoms with Gasteiger partial charge in [0.2, 0.25) is 0 Å². The standard InChI is InChI=1S/C19H19N3O3S2/c1-24-11-7-8-13(15(9-11)25-2)17(23)21-19(26)22-18-14(10-20)12-5-3-4-6-16(12)27-18/h7-9H,3-6H2,1-2H3,(H2,21,22,23,26). The number of thiocarbonyl (C=S) groups is 1. The Kier molecular flexibility index (Phi) is 5.94. The van der Waals surface area contributed by atoms with Gasteiger partial charge in [0.25, 0.3) is 5.91 Å². The van der Waals surface area contributed by atoms with Gasteiger partial charge in [-0.3, -0.25) is 10.1 Å². The van der Waals surface area contributed by atoms with Crippen LogP contribution in [0.4, 0.5) is 5.00 Å². The van der Waals surface area contributed by atoms with Crippen LogP contribution in [0.1, 0.15) is 39.2 Å². The fourth-order valence-corrected chi connectivity index (χ4v) is 4.57. The third-order valence-corrected chi connectivity index (χ3v) is 5.80. The average Bonchev–Trinajstić information content (AvgIpc) is 3.03. The molecule has 140 valence electrons. The molecule has 0 atom stereocenters. The highest BCUT2D eigenvalue weighted by Gasteiger charge is 2.22. The lowest BCUT2D eigenvalue weighted by molar-refractivity contribution is 0.0974. The number of benzene rings is 1. The summed E-state index contributed by atoms with van der Waals surface area (Å²) in [4.78, 5) is 13.8. The third kappa shape index (κ3) is 4.04. The van der Waals surface area contributed by atoms with Crippen LogP contribution in [0, 0.1) is 11.3 Å². The number of hydrogen-bond donors (Lipinski definition) is 2. The van der Waals surface area contributed by atoms with E-state index in [9.17, 15) is 10.1 Å². The van der Waals surface area contributed by atoms with Crippen molar-refractivity contribution in [2.75, 3.05) is 19.5 Å². The molecule has 2 N–H and O–H groups in total. The SMILES string of the molecule is COc1ccc(C(=O)NC(=S)Nc2sc3c(c2C#N)CCCC3)c(OC)c1. The molecule has 8 heteroatoms. The zero-order chi connectivity index (χ0) is 19.4. The highest BCUT2D eigenvalue weighted by Crippen LogP contribution is 2.37. The summed E-state index contributed by atoms with van der Waals surface area (Å²) >= 11 is 6.81. The van der Waals surface area contributed by atoms with Crippen LogP contribution in [0.5, 0.6) is 11.5 Å². The van der Waals surface area contributed by atoms with E-state index in [0.717, 1.165) is 31.2 Å². The molecule has 1 aliphatic carbocycles. The zero-order valence-corrected chi connectivity index (χ0v) is 16.7. The smallest absolute Gasteiger partial charge is 0.261 e. The van der Waals surface area contributed by atoms with Gasteiger partial charge in [-0.25, -0.2) is 0 Å². The van der Waals surface area contributed by atoms with Crippen molar-refractivity contribution in [2.24, 2.45) is 0 Å². The highest BCUT2D eigenvalue weighted by molar-refractivity contribution is 7.80. The van der Waals surface area contributed by atoms with E-state index in [1.807, 2.05) is 0 Å². The number of amides is 1. The first kappa shape index (κ1) is 19.1. The summed E-state index contributed by atoms with van der Waals surface area (Å²) in [6.07, 6.45) is 4.13. The van der Waals surface area contributed by atoms with Crippen LogP contribution in [0.15, 0.2) is 18.2 Å². The number of methoxy groups -OCH3 is 2. The van der Waals surface area contributed by atoms with Crippen molar-refractivity contribution in [2.45, 2.75) is 25.7 Å². The summed E-state index contributed by atoms with van der Waals surface area (Å²) < 4.78 is 10.4. The molecule has 6 nitrogen and oxygen atoms in total. The highest BCUT2D eigenvalue weighted by atomic mass is 32.1. The van der Waals surface area contributed by atoms with Crippen LogP contribution < -0.4 is 20.1 Å². The molecule has 1 aliphatic rings. The van der Waals surface area contributed by atoms with Gasteiger partial charge in [-0.1, -0.05) is 0 Å². The quantitative estimate of drug-likeness (QED) is 0.761. The normalized spacial score (nSPS) is 12.5. The largest absolute Gasteiger partial charge is 0.497 e. The van der Waals surface area contributed by atoms with E-state index in [1.165, 1.54) is 23.3 Å². The molecule has 0 aliphatic heterocycles. The van der Waals surface area contributed by atoms with Gasteiger partial charge >= 0.3 is 0 Å². The van der Waals surface area contributed by atoms with E-state index in [-0.39, 0.29) is 5.11 Å². The van der Waals surface area contributed by atoms with Gasteiger partial charge < -0.3 is 14.8 Å². The maximum atomic E-state index is 12.6. The maximum absolute atomic E-state index is 12.6. The molecule has 1 heterocycles. The summed E-state index contributed by atoms with van der Waals surface area (Å²) in [5, 5.41) is 16.0. The zero-order valence-electron chi connectivity index (χ0n) is 15.0. The second-order valence-corrected chi connectivity index (χ2v) is 7.51. The van der Waals surface area contributed by atoms with E-state index < -0.39 is 5.91 Å². The molecule has 0 saturated heterocycles. The molecule has 0 spiro atoms. The lowest BCUT2D eigenvalue weighted by atomic mass is 9.96. The van der Waals surface area contributed by atoms with Crippen LogP contribution in [0.3, 0.4) is 0 Å². The van der Waals surface area contributed by atoms with Gasteiger partial charge in [-0.05, 0) is 55.6 Å². The number of carbonyl (C=O) groups excluding carboxylic acids is 1. The Morgan fingerprint density at radius 2 is 2.04 bits per heavy atom. The van der Waals surface area contributed by atoms with Crippen molar-refractivity contribution >= 4 is 39.6 Å². The number of ether oxygens (including phenoxy) is 2. The Morgan fingerprint density at radius 3 is 2.74 bits per heavy atom. The Balaban J connectivity index is 1.74. The van der Waals surface area contributed by atoms with Crippen molar-refractivity contribution in [3.8, 4) is 17.6 Å². The summed E-state index contributed by atoms with van der Waals surface area (Å²) in [6, 6.07) is 7.19. The van der Waals surface area contributed by atoms with Crippen LogP contribution >= 0.6 is 23.6 Å². The molecular formula is C19H19N3O3S2. The minimum atomic E-state index is -0.396. The maximum Gasteiger partial charge on any atom is 0.261 e. The van der Waals surface area contributed by atoms with E-state index in [0.29, 0.717) is 27.6 Å². The van der Waals surface area contributed by atoms with Gasteiger partial charge in [-0.2, -0.15) is 5.26 Å². The predicted octanol–water partition coefficient (Wildman–Crippen LogP) is 3.64. The van der Waals surface area contributed by atoms with Crippen LogP contribution in [0.25, 0.3) is 0 Å². The molecule has 0 fully saturated rings. The molecule has 27 heavy (non-hydrogen) atoms.